The molecule has 33 heavy (non-hydrogen) atoms. The Morgan fingerprint density at radius 3 is 2.45 bits per heavy atom. The molecule has 1 aromatic heterocycles. The first-order chi connectivity index (χ1) is 15.9. The Balaban J connectivity index is 1.33. The zero-order valence-corrected chi connectivity index (χ0v) is 19.7. The van der Waals surface area contributed by atoms with Gasteiger partial charge in [-0.15, -0.1) is 0 Å². The van der Waals surface area contributed by atoms with E-state index in [9.17, 15) is 8.42 Å². The van der Waals surface area contributed by atoms with Crippen molar-refractivity contribution >= 4 is 27.5 Å². The third-order valence-corrected chi connectivity index (χ3v) is 7.01. The monoisotopic (exact) mass is 467 g/mol. The van der Waals surface area contributed by atoms with Crippen molar-refractivity contribution < 1.29 is 13.2 Å². The number of methoxy groups -OCH3 is 1. The molecule has 3 N–H and O–H groups in total. The molecule has 0 atom stereocenters. The van der Waals surface area contributed by atoms with E-state index in [-0.39, 0.29) is 6.54 Å². The van der Waals surface area contributed by atoms with Gasteiger partial charge in [-0.1, -0.05) is 6.07 Å². The van der Waals surface area contributed by atoms with Gasteiger partial charge < -0.3 is 15.4 Å². The summed E-state index contributed by atoms with van der Waals surface area (Å²) in [5.74, 6) is 1.85. The first-order valence-corrected chi connectivity index (χ1v) is 12.5. The summed E-state index contributed by atoms with van der Waals surface area (Å²) in [6, 6.07) is 14.8. The van der Waals surface area contributed by atoms with Crippen molar-refractivity contribution in [3.05, 3.63) is 65.4 Å². The third kappa shape index (κ3) is 6.00. The summed E-state index contributed by atoms with van der Waals surface area (Å²) in [7, 11) is -1.94. The molecule has 0 aliphatic heterocycles. The van der Waals surface area contributed by atoms with Crippen LogP contribution in [-0.4, -0.2) is 38.6 Å². The molecular weight excluding hydrogens is 438 g/mol. The van der Waals surface area contributed by atoms with Gasteiger partial charge in [-0.25, -0.2) is 18.1 Å². The van der Waals surface area contributed by atoms with E-state index in [0.717, 1.165) is 42.0 Å². The maximum atomic E-state index is 12.7. The fraction of sp³-hybridized carbons (Fsp3) is 0.333. The average molecular weight is 468 g/mol. The van der Waals surface area contributed by atoms with E-state index < -0.39 is 10.0 Å². The number of hydrogen-bond acceptors (Lipinski definition) is 7. The second-order valence-corrected chi connectivity index (χ2v) is 9.80. The van der Waals surface area contributed by atoms with Gasteiger partial charge in [0.05, 0.1) is 12.0 Å². The quantitative estimate of drug-likeness (QED) is 0.411. The highest BCUT2D eigenvalue weighted by Gasteiger charge is 2.17. The van der Waals surface area contributed by atoms with E-state index in [1.54, 1.807) is 13.2 Å². The van der Waals surface area contributed by atoms with E-state index in [2.05, 4.69) is 25.3 Å². The molecule has 4 rings (SSSR count). The lowest BCUT2D eigenvalue weighted by Gasteiger charge is -2.17. The van der Waals surface area contributed by atoms with Crippen LogP contribution in [0.5, 0.6) is 5.75 Å². The molecule has 9 heteroatoms. The maximum absolute atomic E-state index is 12.7. The Hall–Kier alpha value is -3.17. The highest BCUT2D eigenvalue weighted by atomic mass is 32.2. The summed E-state index contributed by atoms with van der Waals surface area (Å²) in [4.78, 5) is 9.17. The van der Waals surface area contributed by atoms with Crippen LogP contribution in [0.3, 0.4) is 0 Å². The zero-order chi connectivity index (χ0) is 23.3. The van der Waals surface area contributed by atoms with E-state index in [0.29, 0.717) is 23.2 Å². The number of benzene rings is 2. The first kappa shape index (κ1) is 23.0. The Kier molecular flexibility index (Phi) is 7.10. The van der Waals surface area contributed by atoms with Crippen LogP contribution in [0.15, 0.2) is 53.4 Å². The van der Waals surface area contributed by atoms with Crippen LogP contribution in [0.4, 0.5) is 17.5 Å². The smallest absolute Gasteiger partial charge is 0.240 e. The van der Waals surface area contributed by atoms with Crippen LogP contribution in [-0.2, 0) is 22.9 Å². The van der Waals surface area contributed by atoms with Gasteiger partial charge in [0, 0.05) is 30.5 Å². The van der Waals surface area contributed by atoms with Crippen LogP contribution in [0.25, 0.3) is 0 Å². The minimum Gasteiger partial charge on any atom is -0.497 e. The van der Waals surface area contributed by atoms with Gasteiger partial charge in [0.1, 0.15) is 11.6 Å². The van der Waals surface area contributed by atoms with Crippen molar-refractivity contribution in [2.75, 3.05) is 30.8 Å². The number of sulfonamides is 1. The number of ether oxygens (including phenoxy) is 1. The lowest BCUT2D eigenvalue weighted by molar-refractivity contribution is 0.415. The minimum atomic E-state index is -3.56. The van der Waals surface area contributed by atoms with Crippen LogP contribution in [0, 0.1) is 6.92 Å². The summed E-state index contributed by atoms with van der Waals surface area (Å²) in [6.07, 6.45) is 4.25. The molecule has 2 aromatic carbocycles. The highest BCUT2D eigenvalue weighted by Crippen LogP contribution is 2.24. The molecule has 0 spiro atoms. The van der Waals surface area contributed by atoms with Crippen LogP contribution >= 0.6 is 0 Å². The van der Waals surface area contributed by atoms with Crippen molar-refractivity contribution in [3.63, 3.8) is 0 Å². The van der Waals surface area contributed by atoms with Crippen molar-refractivity contribution in [1.29, 1.82) is 0 Å². The van der Waals surface area contributed by atoms with E-state index in [4.69, 9.17) is 4.74 Å². The van der Waals surface area contributed by atoms with Gasteiger partial charge in [-0.2, -0.15) is 4.98 Å². The van der Waals surface area contributed by atoms with E-state index in [1.807, 2.05) is 49.4 Å². The molecule has 0 amide bonds. The molecule has 0 fully saturated rings. The molecule has 0 unspecified atom stereocenters. The molecule has 0 saturated heterocycles. The number of fused-ring (bicyclic) bond motifs is 1. The Morgan fingerprint density at radius 1 is 0.939 bits per heavy atom. The number of anilines is 3. The fourth-order valence-corrected chi connectivity index (χ4v) is 4.94. The van der Waals surface area contributed by atoms with Gasteiger partial charge >= 0.3 is 0 Å². The van der Waals surface area contributed by atoms with Crippen LogP contribution in [0.1, 0.15) is 29.7 Å². The molecular formula is C24H29N5O3S. The third-order valence-electron chi connectivity index (χ3n) is 5.55. The van der Waals surface area contributed by atoms with E-state index >= 15 is 0 Å². The van der Waals surface area contributed by atoms with Crippen molar-refractivity contribution in [2.45, 2.75) is 37.5 Å². The van der Waals surface area contributed by atoms with Gasteiger partial charge in [0.15, 0.2) is 0 Å². The van der Waals surface area contributed by atoms with Crippen LogP contribution in [0.2, 0.25) is 0 Å². The number of aryl methyl sites for hydroxylation is 3. The summed E-state index contributed by atoms with van der Waals surface area (Å²) in [6.45, 7) is 2.46. The first-order valence-electron chi connectivity index (χ1n) is 11.0. The predicted molar refractivity (Wildman–Crippen MR) is 130 cm³/mol. The zero-order valence-electron chi connectivity index (χ0n) is 18.9. The predicted octanol–water partition coefficient (Wildman–Crippen LogP) is 3.81. The molecule has 1 aliphatic carbocycles. The average Bonchev–Trinajstić information content (AvgIpc) is 2.82. The summed E-state index contributed by atoms with van der Waals surface area (Å²) in [5, 5.41) is 6.33. The molecule has 8 nitrogen and oxygen atoms in total. The summed E-state index contributed by atoms with van der Waals surface area (Å²) < 4.78 is 33.2. The van der Waals surface area contributed by atoms with Gasteiger partial charge in [0.25, 0.3) is 0 Å². The fourth-order valence-electron chi connectivity index (χ4n) is 3.85. The maximum Gasteiger partial charge on any atom is 0.240 e. The molecule has 1 heterocycles. The summed E-state index contributed by atoms with van der Waals surface area (Å²) in [5.41, 5.74) is 4.07. The number of aromatic nitrogens is 2. The molecule has 0 radical (unpaired) electrons. The standard InChI is InChI=1S/C24H29N5O3S/c1-17-15-23(28-20-8-10-21(32-2)11-9-20)29-24(27-17)25-13-14-26-33(30,31)22-12-7-18-5-3-4-6-19(18)16-22/h7-12,15-16,26H,3-6,13-14H2,1-2H3,(H2,25,27,28,29). The number of hydrogen-bond donors (Lipinski definition) is 3. The lowest BCUT2D eigenvalue weighted by atomic mass is 9.92. The Bertz CT molecular complexity index is 1210. The second kappa shape index (κ2) is 10.2. The second-order valence-electron chi connectivity index (χ2n) is 8.03. The number of nitrogens with one attached hydrogen (secondary N) is 3. The SMILES string of the molecule is COc1ccc(Nc2cc(C)nc(NCCNS(=O)(=O)c3ccc4c(c3)CCCC4)n2)cc1. The van der Waals surface area contributed by atoms with E-state index in [1.165, 1.54) is 12.0 Å². The number of rotatable bonds is 9. The van der Waals surface area contributed by atoms with Crippen molar-refractivity contribution in [3.8, 4) is 5.75 Å². The Morgan fingerprint density at radius 2 is 1.70 bits per heavy atom. The topological polar surface area (TPSA) is 105 Å². The van der Waals surface area contributed by atoms with Crippen LogP contribution < -0.4 is 20.1 Å². The van der Waals surface area contributed by atoms with Gasteiger partial charge in [0.2, 0.25) is 16.0 Å². The number of nitrogens with zero attached hydrogens (tertiary/aromatic N) is 2. The molecule has 3 aromatic rings. The molecule has 0 saturated carbocycles. The minimum absolute atomic E-state index is 0.220. The highest BCUT2D eigenvalue weighted by molar-refractivity contribution is 7.89. The lowest BCUT2D eigenvalue weighted by Crippen LogP contribution is -2.29. The summed E-state index contributed by atoms with van der Waals surface area (Å²) >= 11 is 0. The largest absolute Gasteiger partial charge is 0.497 e. The normalized spacial score (nSPS) is 13.3. The van der Waals surface area contributed by atoms with Crippen molar-refractivity contribution in [2.24, 2.45) is 0 Å². The molecule has 174 valence electrons. The molecule has 1 aliphatic rings. The van der Waals surface area contributed by atoms with Crippen molar-refractivity contribution in [1.82, 2.24) is 14.7 Å². The van der Waals surface area contributed by atoms with Gasteiger partial charge in [-0.05, 0) is 80.1 Å². The van der Waals surface area contributed by atoms with Gasteiger partial charge in [-0.3, -0.25) is 0 Å². The Labute approximate surface area is 194 Å². The molecule has 0 bridgehead atoms.